The molecule has 1 unspecified atom stereocenters. The van der Waals surface area contributed by atoms with Crippen LogP contribution in [0, 0.1) is 0 Å². The van der Waals surface area contributed by atoms with Crippen LogP contribution < -0.4 is 4.90 Å². The van der Waals surface area contributed by atoms with Crippen LogP contribution in [-0.4, -0.2) is 17.3 Å². The number of halogens is 1. The van der Waals surface area contributed by atoms with Crippen LogP contribution in [0.1, 0.15) is 6.42 Å². The third-order valence-electron chi connectivity index (χ3n) is 3.75. The first kappa shape index (κ1) is 12.0. The molecule has 1 amide bonds. The standard InChI is InChI=1S/C16H12BrNO2/c17-10-7-16(19)18(9-10)11-5-6-13-12-3-1-2-4-14(12)20-15(13)8-11/h1-6,8,10H,7,9H2. The molecule has 1 fully saturated rings. The summed E-state index contributed by atoms with van der Waals surface area (Å²) in [7, 11) is 0. The molecule has 4 heteroatoms. The van der Waals surface area contributed by atoms with Crippen molar-refractivity contribution in [2.24, 2.45) is 0 Å². The van der Waals surface area contributed by atoms with Gasteiger partial charge in [-0.05, 0) is 18.2 Å². The average Bonchev–Trinajstić information content (AvgIpc) is 2.97. The van der Waals surface area contributed by atoms with Gasteiger partial charge in [0.15, 0.2) is 0 Å². The van der Waals surface area contributed by atoms with E-state index in [9.17, 15) is 4.79 Å². The topological polar surface area (TPSA) is 33.5 Å². The molecule has 0 bridgehead atoms. The van der Waals surface area contributed by atoms with Crippen molar-refractivity contribution in [1.82, 2.24) is 0 Å². The number of anilines is 1. The van der Waals surface area contributed by atoms with Crippen LogP contribution in [0.25, 0.3) is 21.9 Å². The van der Waals surface area contributed by atoms with Gasteiger partial charge in [0.2, 0.25) is 5.91 Å². The first-order valence-electron chi connectivity index (χ1n) is 6.58. The number of benzene rings is 2. The molecule has 3 aromatic rings. The molecular weight excluding hydrogens is 318 g/mol. The van der Waals surface area contributed by atoms with Crippen LogP contribution in [-0.2, 0) is 4.79 Å². The lowest BCUT2D eigenvalue weighted by molar-refractivity contribution is -0.117. The Morgan fingerprint density at radius 1 is 1.10 bits per heavy atom. The highest BCUT2D eigenvalue weighted by atomic mass is 79.9. The van der Waals surface area contributed by atoms with E-state index in [1.165, 1.54) is 0 Å². The summed E-state index contributed by atoms with van der Waals surface area (Å²) in [6.07, 6.45) is 0.554. The first-order chi connectivity index (χ1) is 9.72. The summed E-state index contributed by atoms with van der Waals surface area (Å²) in [6.45, 7) is 0.713. The summed E-state index contributed by atoms with van der Waals surface area (Å²) in [5.41, 5.74) is 2.61. The number of rotatable bonds is 1. The van der Waals surface area contributed by atoms with E-state index in [4.69, 9.17) is 4.42 Å². The van der Waals surface area contributed by atoms with Gasteiger partial charge in [0.25, 0.3) is 0 Å². The zero-order valence-corrected chi connectivity index (χ0v) is 12.3. The van der Waals surface area contributed by atoms with Gasteiger partial charge in [-0.3, -0.25) is 4.79 Å². The highest BCUT2D eigenvalue weighted by Gasteiger charge is 2.29. The first-order valence-corrected chi connectivity index (χ1v) is 7.50. The Morgan fingerprint density at radius 3 is 2.70 bits per heavy atom. The molecule has 2 aromatic carbocycles. The number of alkyl halides is 1. The van der Waals surface area contributed by atoms with E-state index in [0.29, 0.717) is 13.0 Å². The molecule has 0 saturated carbocycles. The summed E-state index contributed by atoms with van der Waals surface area (Å²) in [4.78, 5) is 14.0. The third-order valence-corrected chi connectivity index (χ3v) is 4.37. The van der Waals surface area contributed by atoms with Gasteiger partial charge in [-0.25, -0.2) is 0 Å². The molecule has 1 aliphatic heterocycles. The predicted octanol–water partition coefficient (Wildman–Crippen LogP) is 4.09. The van der Waals surface area contributed by atoms with E-state index in [1.807, 2.05) is 41.3 Å². The summed E-state index contributed by atoms with van der Waals surface area (Å²) in [5, 5.41) is 2.20. The Kier molecular flexibility index (Phi) is 2.60. The van der Waals surface area contributed by atoms with Crippen LogP contribution in [0.15, 0.2) is 46.9 Å². The van der Waals surface area contributed by atoms with Crippen LogP contribution >= 0.6 is 15.9 Å². The second-order valence-corrected chi connectivity index (χ2v) is 6.38. The lowest BCUT2D eigenvalue weighted by Gasteiger charge is -2.15. The van der Waals surface area contributed by atoms with Crippen LogP contribution in [0.2, 0.25) is 0 Å². The van der Waals surface area contributed by atoms with Gasteiger partial charge in [-0.2, -0.15) is 0 Å². The number of fused-ring (bicyclic) bond motifs is 3. The van der Waals surface area contributed by atoms with E-state index in [1.54, 1.807) is 0 Å². The minimum atomic E-state index is 0.155. The van der Waals surface area contributed by atoms with Gasteiger partial charge in [0, 0.05) is 40.3 Å². The van der Waals surface area contributed by atoms with Crippen molar-refractivity contribution in [3.63, 3.8) is 0 Å². The molecular formula is C16H12BrNO2. The maximum atomic E-state index is 12.0. The highest BCUT2D eigenvalue weighted by molar-refractivity contribution is 9.09. The summed E-state index contributed by atoms with van der Waals surface area (Å²) < 4.78 is 5.87. The van der Waals surface area contributed by atoms with Gasteiger partial charge in [-0.1, -0.05) is 34.1 Å². The monoisotopic (exact) mass is 329 g/mol. The zero-order valence-electron chi connectivity index (χ0n) is 10.7. The van der Waals surface area contributed by atoms with Crippen molar-refractivity contribution >= 4 is 49.5 Å². The van der Waals surface area contributed by atoms with E-state index in [2.05, 4.69) is 22.0 Å². The number of furan rings is 1. The van der Waals surface area contributed by atoms with Crippen LogP contribution in [0.5, 0.6) is 0 Å². The maximum Gasteiger partial charge on any atom is 0.228 e. The van der Waals surface area contributed by atoms with Gasteiger partial charge < -0.3 is 9.32 Å². The number of hydrogen-bond acceptors (Lipinski definition) is 2. The highest BCUT2D eigenvalue weighted by Crippen LogP contribution is 2.33. The summed E-state index contributed by atoms with van der Waals surface area (Å²) >= 11 is 3.51. The summed E-state index contributed by atoms with van der Waals surface area (Å²) in [5.74, 6) is 0.155. The second-order valence-electron chi connectivity index (χ2n) is 5.08. The molecule has 0 aliphatic carbocycles. The minimum Gasteiger partial charge on any atom is -0.456 e. The Balaban J connectivity index is 1.87. The van der Waals surface area contributed by atoms with Crippen LogP contribution in [0.4, 0.5) is 5.69 Å². The van der Waals surface area contributed by atoms with Crippen LogP contribution in [0.3, 0.4) is 0 Å². The summed E-state index contributed by atoms with van der Waals surface area (Å²) in [6, 6.07) is 14.0. The van der Waals surface area contributed by atoms with Crippen molar-refractivity contribution in [2.45, 2.75) is 11.2 Å². The number of para-hydroxylation sites is 1. The van der Waals surface area contributed by atoms with Crippen molar-refractivity contribution in [3.8, 4) is 0 Å². The Hall–Kier alpha value is -1.81. The van der Waals surface area contributed by atoms with Gasteiger partial charge >= 0.3 is 0 Å². The quantitative estimate of drug-likeness (QED) is 0.630. The average molecular weight is 330 g/mol. The van der Waals surface area contributed by atoms with E-state index < -0.39 is 0 Å². The molecule has 1 aliphatic rings. The Labute approximate surface area is 124 Å². The van der Waals surface area contributed by atoms with E-state index >= 15 is 0 Å². The van der Waals surface area contributed by atoms with Crippen molar-refractivity contribution < 1.29 is 9.21 Å². The lowest BCUT2D eigenvalue weighted by Crippen LogP contribution is -2.24. The molecule has 100 valence electrons. The van der Waals surface area contributed by atoms with Gasteiger partial charge in [0.1, 0.15) is 11.2 Å². The normalized spacial score (nSPS) is 19.4. The van der Waals surface area contributed by atoms with Crippen molar-refractivity contribution in [2.75, 3.05) is 11.4 Å². The third kappa shape index (κ3) is 1.75. The molecule has 3 nitrogen and oxygen atoms in total. The SMILES string of the molecule is O=C1CC(Br)CN1c1ccc2c(c1)oc1ccccc12. The number of amides is 1. The Morgan fingerprint density at radius 2 is 1.90 bits per heavy atom. The fourth-order valence-electron chi connectivity index (χ4n) is 2.80. The smallest absolute Gasteiger partial charge is 0.228 e. The molecule has 1 saturated heterocycles. The largest absolute Gasteiger partial charge is 0.456 e. The molecule has 2 heterocycles. The van der Waals surface area contributed by atoms with Gasteiger partial charge in [-0.15, -0.1) is 0 Å². The molecule has 20 heavy (non-hydrogen) atoms. The van der Waals surface area contributed by atoms with Crippen molar-refractivity contribution in [1.29, 1.82) is 0 Å². The molecule has 4 rings (SSSR count). The molecule has 1 aromatic heterocycles. The van der Waals surface area contributed by atoms with E-state index in [0.717, 1.165) is 27.6 Å². The fraction of sp³-hybridized carbons (Fsp3) is 0.188. The number of hydrogen-bond donors (Lipinski definition) is 0. The van der Waals surface area contributed by atoms with Gasteiger partial charge in [0.05, 0.1) is 0 Å². The fourth-order valence-corrected chi connectivity index (χ4v) is 3.36. The molecule has 1 atom stereocenters. The van der Waals surface area contributed by atoms with Crippen molar-refractivity contribution in [3.05, 3.63) is 42.5 Å². The minimum absolute atomic E-state index is 0.155. The number of nitrogens with zero attached hydrogens (tertiary/aromatic N) is 1. The van der Waals surface area contributed by atoms with E-state index in [-0.39, 0.29) is 10.7 Å². The predicted molar refractivity (Wildman–Crippen MR) is 83.4 cm³/mol. The second kappa shape index (κ2) is 4.35. The number of carbonyl (C=O) groups is 1. The lowest BCUT2D eigenvalue weighted by atomic mass is 10.1. The number of carbonyl (C=O) groups excluding carboxylic acids is 1. The Bertz CT molecular complexity index is 824. The zero-order chi connectivity index (χ0) is 13.7. The molecule has 0 N–H and O–H groups in total. The molecule has 0 radical (unpaired) electrons. The maximum absolute atomic E-state index is 12.0. The molecule has 0 spiro atoms.